The Balaban J connectivity index is 1.51. The summed E-state index contributed by atoms with van der Waals surface area (Å²) in [6.07, 6.45) is 16.0. The second-order valence-electron chi connectivity index (χ2n) is 14.0. The highest BCUT2D eigenvalue weighted by atomic mass is 16.5. The molecule has 0 heterocycles. The normalized spacial score (nSPS) is 44.7. The van der Waals surface area contributed by atoms with Crippen LogP contribution in [0.2, 0.25) is 0 Å². The number of carbonyl (C=O) groups is 1. The van der Waals surface area contributed by atoms with Crippen LogP contribution in [0.4, 0.5) is 0 Å². The van der Waals surface area contributed by atoms with Crippen LogP contribution in [-0.2, 0) is 9.53 Å². The molecular formula is C31H52O2. The minimum absolute atomic E-state index is 0.0854. The average molecular weight is 457 g/mol. The Morgan fingerprint density at radius 1 is 0.909 bits per heavy atom. The largest absolute Gasteiger partial charge is 0.462 e. The third kappa shape index (κ3) is 4.24. The molecule has 2 heteroatoms. The van der Waals surface area contributed by atoms with Crippen molar-refractivity contribution in [2.45, 2.75) is 126 Å². The smallest absolute Gasteiger partial charge is 0.302 e. The van der Waals surface area contributed by atoms with Gasteiger partial charge < -0.3 is 4.74 Å². The first-order chi connectivity index (χ1) is 15.4. The van der Waals surface area contributed by atoms with Crippen LogP contribution in [0.25, 0.3) is 0 Å². The molecule has 9 unspecified atom stereocenters. The molecule has 33 heavy (non-hydrogen) atoms. The molecule has 4 fully saturated rings. The van der Waals surface area contributed by atoms with E-state index in [-0.39, 0.29) is 17.5 Å². The number of ether oxygens (including phenoxy) is 1. The van der Waals surface area contributed by atoms with E-state index in [1.165, 1.54) is 63.4 Å². The van der Waals surface area contributed by atoms with Crippen molar-refractivity contribution in [3.63, 3.8) is 0 Å². The molecule has 0 bridgehead atoms. The molecule has 0 aromatic heterocycles. The zero-order chi connectivity index (χ0) is 24.2. The molecule has 0 spiro atoms. The van der Waals surface area contributed by atoms with E-state index in [1.54, 1.807) is 6.92 Å². The lowest BCUT2D eigenvalue weighted by atomic mass is 9.41. The van der Waals surface area contributed by atoms with Gasteiger partial charge in [0, 0.05) is 12.3 Å². The molecule has 0 radical (unpaired) electrons. The van der Waals surface area contributed by atoms with E-state index in [2.05, 4.69) is 54.5 Å². The Morgan fingerprint density at radius 3 is 2.24 bits per heavy atom. The monoisotopic (exact) mass is 456 g/mol. The number of fused-ring (bicyclic) bond motifs is 5. The molecule has 2 nitrogen and oxygen atoms in total. The predicted octanol–water partition coefficient (Wildman–Crippen LogP) is 8.60. The Morgan fingerprint density at radius 2 is 1.58 bits per heavy atom. The number of hydrogen-bond acceptors (Lipinski definition) is 2. The predicted molar refractivity (Wildman–Crippen MR) is 138 cm³/mol. The molecule has 0 aromatic carbocycles. The molecule has 4 rings (SSSR count). The topological polar surface area (TPSA) is 26.3 Å². The van der Waals surface area contributed by atoms with Crippen LogP contribution in [0.3, 0.4) is 0 Å². The fourth-order valence-corrected chi connectivity index (χ4v) is 10.3. The maximum Gasteiger partial charge on any atom is 0.302 e. The van der Waals surface area contributed by atoms with Gasteiger partial charge in [0.1, 0.15) is 6.10 Å². The van der Waals surface area contributed by atoms with Crippen LogP contribution in [0, 0.1) is 51.8 Å². The van der Waals surface area contributed by atoms with Crippen LogP contribution in [0.1, 0.15) is 120 Å². The molecule has 0 aliphatic heterocycles. The highest BCUT2D eigenvalue weighted by molar-refractivity contribution is 5.66. The van der Waals surface area contributed by atoms with Gasteiger partial charge >= 0.3 is 5.97 Å². The molecule has 0 aromatic rings. The summed E-state index contributed by atoms with van der Waals surface area (Å²) in [5.41, 5.74) is 2.52. The van der Waals surface area contributed by atoms with E-state index in [1.807, 2.05) is 0 Å². The first-order valence-electron chi connectivity index (χ1n) is 14.2. The Labute approximate surface area is 204 Å². The first-order valence-corrected chi connectivity index (χ1v) is 14.2. The van der Waals surface area contributed by atoms with Gasteiger partial charge in [-0.15, -0.1) is 0 Å². The zero-order valence-corrected chi connectivity index (χ0v) is 23.0. The maximum absolute atomic E-state index is 11.8. The number of allylic oxidation sites excluding steroid dienone is 2. The van der Waals surface area contributed by atoms with E-state index in [0.29, 0.717) is 16.7 Å². The van der Waals surface area contributed by atoms with Gasteiger partial charge in [-0.2, -0.15) is 0 Å². The summed E-state index contributed by atoms with van der Waals surface area (Å²) in [6.45, 7) is 18.7. The van der Waals surface area contributed by atoms with Gasteiger partial charge in [-0.3, -0.25) is 4.79 Å². The average Bonchev–Trinajstić information content (AvgIpc) is 3.07. The summed E-state index contributed by atoms with van der Waals surface area (Å²) in [7, 11) is 0. The molecule has 4 aliphatic carbocycles. The van der Waals surface area contributed by atoms with Crippen molar-refractivity contribution in [2.75, 3.05) is 0 Å². The summed E-state index contributed by atoms with van der Waals surface area (Å²) in [4.78, 5) is 11.8. The third-order valence-corrected chi connectivity index (χ3v) is 11.8. The molecular weight excluding hydrogens is 404 g/mol. The number of rotatable bonds is 5. The van der Waals surface area contributed by atoms with Gasteiger partial charge in [-0.1, -0.05) is 46.3 Å². The van der Waals surface area contributed by atoms with Crippen molar-refractivity contribution in [3.8, 4) is 0 Å². The van der Waals surface area contributed by atoms with Crippen molar-refractivity contribution >= 4 is 5.97 Å². The first kappa shape index (κ1) is 25.3. The SMILES string of the molecule is CC(=O)OC1CCC2(C)C3CCC4(C)C(C(C)CCC=C(C)C)CCC4C3CCC2C1(C)C. The highest BCUT2D eigenvalue weighted by Gasteiger charge is 2.63. The van der Waals surface area contributed by atoms with E-state index in [9.17, 15) is 4.79 Å². The zero-order valence-electron chi connectivity index (χ0n) is 23.0. The van der Waals surface area contributed by atoms with E-state index in [0.717, 1.165) is 36.0 Å². The number of esters is 1. The van der Waals surface area contributed by atoms with Crippen LogP contribution in [0.5, 0.6) is 0 Å². The second kappa shape index (κ2) is 9.02. The number of hydrogen-bond donors (Lipinski definition) is 0. The molecule has 9 atom stereocenters. The molecule has 4 saturated carbocycles. The summed E-state index contributed by atoms with van der Waals surface area (Å²) in [5.74, 6) is 5.04. The van der Waals surface area contributed by atoms with Crippen LogP contribution in [0.15, 0.2) is 11.6 Å². The summed E-state index contributed by atoms with van der Waals surface area (Å²) < 4.78 is 5.87. The minimum atomic E-state index is -0.102. The number of carbonyl (C=O) groups excluding carboxylic acids is 1. The minimum Gasteiger partial charge on any atom is -0.462 e. The molecule has 4 aliphatic rings. The molecule has 0 N–H and O–H groups in total. The quantitative estimate of drug-likeness (QED) is 0.306. The molecule has 0 saturated heterocycles. The van der Waals surface area contributed by atoms with Crippen molar-refractivity contribution in [1.29, 1.82) is 0 Å². The molecule has 0 amide bonds. The van der Waals surface area contributed by atoms with Crippen molar-refractivity contribution in [2.24, 2.45) is 51.8 Å². The fourth-order valence-electron chi connectivity index (χ4n) is 10.3. The van der Waals surface area contributed by atoms with Gasteiger partial charge in [0.25, 0.3) is 0 Å². The Kier molecular flexibility index (Phi) is 6.91. The van der Waals surface area contributed by atoms with Gasteiger partial charge in [-0.25, -0.2) is 0 Å². The van der Waals surface area contributed by atoms with E-state index >= 15 is 0 Å². The maximum atomic E-state index is 11.8. The van der Waals surface area contributed by atoms with Gasteiger partial charge in [0.15, 0.2) is 0 Å². The highest BCUT2D eigenvalue weighted by Crippen LogP contribution is 2.70. The standard InChI is InChI=1S/C31H52O2/c1-20(2)10-9-11-21(3)24-13-14-25-23-12-15-27-29(5,6)28(33-22(4)32)17-19-31(27,8)26(23)16-18-30(24,25)7/h10,21,23-28H,9,11-19H2,1-8H3. The molecule has 188 valence electrons. The van der Waals surface area contributed by atoms with Gasteiger partial charge in [0.05, 0.1) is 0 Å². The lowest BCUT2D eigenvalue weighted by Gasteiger charge is -2.65. The van der Waals surface area contributed by atoms with Gasteiger partial charge in [0.2, 0.25) is 0 Å². The van der Waals surface area contributed by atoms with E-state index in [4.69, 9.17) is 4.74 Å². The van der Waals surface area contributed by atoms with Crippen LogP contribution in [-0.4, -0.2) is 12.1 Å². The van der Waals surface area contributed by atoms with Gasteiger partial charge in [-0.05, 0) is 124 Å². The second-order valence-corrected chi connectivity index (χ2v) is 14.0. The van der Waals surface area contributed by atoms with Crippen molar-refractivity contribution < 1.29 is 9.53 Å². The fraction of sp³-hybridized carbons (Fsp3) is 0.903. The summed E-state index contributed by atoms with van der Waals surface area (Å²) >= 11 is 0. The Bertz CT molecular complexity index is 761. The Hall–Kier alpha value is -0.790. The van der Waals surface area contributed by atoms with E-state index < -0.39 is 0 Å². The van der Waals surface area contributed by atoms with Crippen LogP contribution >= 0.6 is 0 Å². The lowest BCUT2D eigenvalue weighted by molar-refractivity contribution is -0.195. The third-order valence-electron chi connectivity index (χ3n) is 11.8. The summed E-state index contributed by atoms with van der Waals surface area (Å²) in [5, 5.41) is 0. The van der Waals surface area contributed by atoms with Crippen molar-refractivity contribution in [3.05, 3.63) is 11.6 Å². The summed E-state index contributed by atoms with van der Waals surface area (Å²) in [6, 6.07) is 0. The van der Waals surface area contributed by atoms with Crippen molar-refractivity contribution in [1.82, 2.24) is 0 Å². The lowest BCUT2D eigenvalue weighted by Crippen LogP contribution is -2.59. The van der Waals surface area contributed by atoms with Crippen LogP contribution < -0.4 is 0 Å².